The minimum atomic E-state index is -0.351. The number of carbonyl (C=O) groups excluding carboxylic acids is 1. The van der Waals surface area contributed by atoms with Crippen LogP contribution in [0.15, 0.2) is 72.8 Å². The first-order chi connectivity index (χ1) is 15.2. The summed E-state index contributed by atoms with van der Waals surface area (Å²) in [5, 5.41) is 1.20. The monoisotopic (exact) mass is 414 g/mol. The van der Waals surface area contributed by atoms with Gasteiger partial charge in [-0.05, 0) is 66.9 Å². The number of H-pyrrole nitrogens is 1. The number of para-hydroxylation sites is 1. The normalized spacial score (nSPS) is 15.7. The van der Waals surface area contributed by atoms with E-state index in [1.54, 1.807) is 12.1 Å². The molecule has 0 bridgehead atoms. The van der Waals surface area contributed by atoms with Crippen molar-refractivity contribution < 1.29 is 13.9 Å². The Hall–Kier alpha value is -3.60. The summed E-state index contributed by atoms with van der Waals surface area (Å²) in [4.78, 5) is 18.9. The van der Waals surface area contributed by atoms with Gasteiger partial charge in [0.1, 0.15) is 11.6 Å². The first-order valence-corrected chi connectivity index (χ1v) is 10.5. The SMILES string of the molecule is CCOc1ccc([C@H]2c3[nH]c4ccccc4c3CCN2C(=O)c2ccc(F)cc2)cc1. The number of nitrogens with zero attached hydrogens (tertiary/aromatic N) is 1. The lowest BCUT2D eigenvalue weighted by Gasteiger charge is -2.36. The first-order valence-electron chi connectivity index (χ1n) is 10.5. The predicted octanol–water partition coefficient (Wildman–Crippen LogP) is 5.49. The summed E-state index contributed by atoms with van der Waals surface area (Å²) >= 11 is 0. The highest BCUT2D eigenvalue weighted by atomic mass is 19.1. The lowest BCUT2D eigenvalue weighted by molar-refractivity contribution is 0.0692. The molecule has 0 saturated heterocycles. The number of ether oxygens (including phenoxy) is 1. The fourth-order valence-electron chi connectivity index (χ4n) is 4.48. The smallest absolute Gasteiger partial charge is 0.254 e. The maximum Gasteiger partial charge on any atom is 0.254 e. The van der Waals surface area contributed by atoms with Gasteiger partial charge in [0.2, 0.25) is 0 Å². The number of hydrogen-bond donors (Lipinski definition) is 1. The summed E-state index contributed by atoms with van der Waals surface area (Å²) in [5.74, 6) is 0.342. The Balaban J connectivity index is 1.61. The van der Waals surface area contributed by atoms with Crippen LogP contribution in [-0.4, -0.2) is 28.9 Å². The Labute approximate surface area is 180 Å². The van der Waals surface area contributed by atoms with E-state index in [4.69, 9.17) is 4.74 Å². The number of carbonyl (C=O) groups is 1. The predicted molar refractivity (Wildman–Crippen MR) is 119 cm³/mol. The second kappa shape index (κ2) is 7.91. The average molecular weight is 414 g/mol. The zero-order chi connectivity index (χ0) is 21.4. The maximum atomic E-state index is 13.5. The summed E-state index contributed by atoms with van der Waals surface area (Å²) in [5.41, 5.74) is 4.84. The molecule has 0 aliphatic carbocycles. The van der Waals surface area contributed by atoms with Crippen LogP contribution in [-0.2, 0) is 6.42 Å². The summed E-state index contributed by atoms with van der Waals surface area (Å²) in [6.45, 7) is 3.14. The van der Waals surface area contributed by atoms with Gasteiger partial charge in [-0.1, -0.05) is 30.3 Å². The second-order valence-electron chi connectivity index (χ2n) is 7.72. The van der Waals surface area contributed by atoms with Gasteiger partial charge < -0.3 is 14.6 Å². The van der Waals surface area contributed by atoms with Crippen LogP contribution < -0.4 is 4.74 Å². The molecule has 5 heteroatoms. The van der Waals surface area contributed by atoms with Gasteiger partial charge in [-0.3, -0.25) is 4.79 Å². The summed E-state index contributed by atoms with van der Waals surface area (Å²) in [6, 6.07) is 21.7. The molecule has 5 rings (SSSR count). The van der Waals surface area contributed by atoms with Crippen molar-refractivity contribution in [3.63, 3.8) is 0 Å². The molecule has 156 valence electrons. The number of amides is 1. The molecule has 0 unspecified atom stereocenters. The van der Waals surface area contributed by atoms with Crippen molar-refractivity contribution in [1.29, 1.82) is 0 Å². The number of aromatic amines is 1. The zero-order valence-electron chi connectivity index (χ0n) is 17.3. The molecule has 0 spiro atoms. The Morgan fingerprint density at radius 3 is 2.55 bits per heavy atom. The molecule has 4 nitrogen and oxygen atoms in total. The van der Waals surface area contributed by atoms with Gasteiger partial charge >= 0.3 is 0 Å². The lowest BCUT2D eigenvalue weighted by atomic mass is 9.91. The Morgan fingerprint density at radius 2 is 1.81 bits per heavy atom. The topological polar surface area (TPSA) is 45.3 Å². The fraction of sp³-hybridized carbons (Fsp3) is 0.192. The van der Waals surface area contributed by atoms with Crippen LogP contribution >= 0.6 is 0 Å². The Kier molecular flexibility index (Phi) is 4.94. The molecule has 1 aromatic heterocycles. The van der Waals surface area contributed by atoms with Crippen molar-refractivity contribution in [3.8, 4) is 5.75 Å². The van der Waals surface area contributed by atoms with E-state index in [1.807, 2.05) is 48.2 Å². The van der Waals surface area contributed by atoms with E-state index < -0.39 is 0 Å². The van der Waals surface area contributed by atoms with E-state index in [0.717, 1.165) is 28.9 Å². The number of rotatable bonds is 4. The number of hydrogen-bond acceptors (Lipinski definition) is 2. The van der Waals surface area contributed by atoms with Crippen LogP contribution in [0, 0.1) is 5.82 Å². The minimum absolute atomic E-state index is 0.108. The van der Waals surface area contributed by atoms with E-state index >= 15 is 0 Å². The van der Waals surface area contributed by atoms with Crippen molar-refractivity contribution in [2.75, 3.05) is 13.2 Å². The minimum Gasteiger partial charge on any atom is -0.494 e. The van der Waals surface area contributed by atoms with Gasteiger partial charge in [-0.25, -0.2) is 4.39 Å². The lowest BCUT2D eigenvalue weighted by Crippen LogP contribution is -2.40. The summed E-state index contributed by atoms with van der Waals surface area (Å²) in [6.07, 6.45) is 0.764. The van der Waals surface area contributed by atoms with Gasteiger partial charge in [0.15, 0.2) is 0 Å². The summed E-state index contributed by atoms with van der Waals surface area (Å²) < 4.78 is 19.0. The van der Waals surface area contributed by atoms with Gasteiger partial charge in [0.05, 0.1) is 12.6 Å². The van der Waals surface area contributed by atoms with Crippen molar-refractivity contribution in [1.82, 2.24) is 9.88 Å². The highest BCUT2D eigenvalue weighted by molar-refractivity contribution is 5.95. The molecular weight excluding hydrogens is 391 g/mol. The largest absolute Gasteiger partial charge is 0.494 e. The van der Waals surface area contributed by atoms with Crippen LogP contribution in [0.4, 0.5) is 4.39 Å². The Bertz CT molecular complexity index is 1230. The van der Waals surface area contributed by atoms with Gasteiger partial charge in [-0.2, -0.15) is 0 Å². The van der Waals surface area contributed by atoms with Gasteiger partial charge in [-0.15, -0.1) is 0 Å². The third kappa shape index (κ3) is 3.46. The Morgan fingerprint density at radius 1 is 1.06 bits per heavy atom. The molecule has 1 aliphatic rings. The highest BCUT2D eigenvalue weighted by Crippen LogP contribution is 2.39. The van der Waals surface area contributed by atoms with Crippen molar-refractivity contribution >= 4 is 16.8 Å². The van der Waals surface area contributed by atoms with Crippen LogP contribution in [0.2, 0.25) is 0 Å². The third-order valence-electron chi connectivity index (χ3n) is 5.89. The number of benzene rings is 3. The molecular formula is C26H23FN2O2. The molecule has 1 N–H and O–H groups in total. The molecule has 3 aromatic carbocycles. The summed E-state index contributed by atoms with van der Waals surface area (Å²) in [7, 11) is 0. The fourth-order valence-corrected chi connectivity index (χ4v) is 4.48. The van der Waals surface area contributed by atoms with Crippen molar-refractivity contribution in [3.05, 3.63) is 101 Å². The van der Waals surface area contributed by atoms with Crippen molar-refractivity contribution in [2.45, 2.75) is 19.4 Å². The average Bonchev–Trinajstić information content (AvgIpc) is 3.18. The molecule has 2 heterocycles. The van der Waals surface area contributed by atoms with Gasteiger partial charge in [0.25, 0.3) is 5.91 Å². The first kappa shape index (κ1) is 19.4. The van der Waals surface area contributed by atoms with E-state index in [0.29, 0.717) is 18.7 Å². The number of nitrogens with one attached hydrogen (secondary N) is 1. The maximum absolute atomic E-state index is 13.5. The standard InChI is InChI=1S/C26H23FN2O2/c1-2-31-20-13-9-17(10-14-20)25-24-22(21-5-3-4-6-23(21)28-24)15-16-29(25)26(30)18-7-11-19(27)12-8-18/h3-14,25,28H,2,15-16H2,1H3/t25-/m0/s1. The van der Waals surface area contributed by atoms with Crippen LogP contribution in [0.1, 0.15) is 40.1 Å². The van der Waals surface area contributed by atoms with Crippen LogP contribution in [0.25, 0.3) is 10.9 Å². The van der Waals surface area contributed by atoms with Crippen molar-refractivity contribution in [2.24, 2.45) is 0 Å². The zero-order valence-corrected chi connectivity index (χ0v) is 17.3. The molecule has 1 amide bonds. The molecule has 4 aromatic rings. The third-order valence-corrected chi connectivity index (χ3v) is 5.89. The van der Waals surface area contributed by atoms with E-state index in [2.05, 4.69) is 17.1 Å². The molecule has 0 fully saturated rings. The quantitative estimate of drug-likeness (QED) is 0.480. The number of aromatic nitrogens is 1. The molecule has 1 aliphatic heterocycles. The molecule has 1 atom stereocenters. The number of fused-ring (bicyclic) bond motifs is 3. The molecule has 0 saturated carbocycles. The highest BCUT2D eigenvalue weighted by Gasteiger charge is 2.34. The van der Waals surface area contributed by atoms with Crippen LogP contribution in [0.5, 0.6) is 5.75 Å². The number of halogens is 1. The molecule has 31 heavy (non-hydrogen) atoms. The van der Waals surface area contributed by atoms with Crippen LogP contribution in [0.3, 0.4) is 0 Å². The second-order valence-corrected chi connectivity index (χ2v) is 7.72. The van der Waals surface area contributed by atoms with Gasteiger partial charge in [0, 0.05) is 28.7 Å². The molecule has 0 radical (unpaired) electrons. The van der Waals surface area contributed by atoms with E-state index in [1.165, 1.54) is 23.1 Å². The van der Waals surface area contributed by atoms with E-state index in [9.17, 15) is 9.18 Å². The van der Waals surface area contributed by atoms with E-state index in [-0.39, 0.29) is 17.8 Å².